The van der Waals surface area contributed by atoms with E-state index in [0.717, 1.165) is 42.9 Å². The fraction of sp³-hybridized carbons (Fsp3) is 0.250. The molecular formula is C24H25N3O3. The zero-order valence-corrected chi connectivity index (χ0v) is 16.7. The van der Waals surface area contributed by atoms with Crippen LogP contribution in [-0.2, 0) is 11.4 Å². The summed E-state index contributed by atoms with van der Waals surface area (Å²) in [6, 6.07) is 21.0. The predicted molar refractivity (Wildman–Crippen MR) is 117 cm³/mol. The minimum Gasteiger partial charge on any atom is -0.489 e. The first kappa shape index (κ1) is 19.8. The average molecular weight is 403 g/mol. The number of carbonyl (C=O) groups is 1. The molecular weight excluding hydrogens is 378 g/mol. The van der Waals surface area contributed by atoms with Crippen molar-refractivity contribution in [3.63, 3.8) is 0 Å². The maximum Gasteiger partial charge on any atom is 0.258 e. The molecule has 1 aliphatic heterocycles. The van der Waals surface area contributed by atoms with Gasteiger partial charge in [0.25, 0.3) is 5.56 Å². The highest BCUT2D eigenvalue weighted by atomic mass is 16.5. The van der Waals surface area contributed by atoms with Gasteiger partial charge in [0.15, 0.2) is 0 Å². The Kier molecular flexibility index (Phi) is 5.84. The highest BCUT2D eigenvalue weighted by Crippen LogP contribution is 2.24. The van der Waals surface area contributed by atoms with E-state index < -0.39 is 0 Å². The molecule has 3 aromatic rings. The van der Waals surface area contributed by atoms with Gasteiger partial charge in [-0.3, -0.25) is 14.2 Å². The quantitative estimate of drug-likeness (QED) is 0.686. The second-order valence-corrected chi connectivity index (χ2v) is 7.53. The van der Waals surface area contributed by atoms with Crippen molar-refractivity contribution in [1.29, 1.82) is 0 Å². The van der Waals surface area contributed by atoms with Gasteiger partial charge in [0.05, 0.1) is 0 Å². The van der Waals surface area contributed by atoms with Crippen LogP contribution in [0.5, 0.6) is 5.75 Å². The van der Waals surface area contributed by atoms with Crippen molar-refractivity contribution in [2.24, 2.45) is 11.7 Å². The van der Waals surface area contributed by atoms with Gasteiger partial charge >= 0.3 is 0 Å². The molecule has 2 heterocycles. The summed E-state index contributed by atoms with van der Waals surface area (Å²) in [5.74, 6) is 0.316. The third kappa shape index (κ3) is 4.54. The lowest BCUT2D eigenvalue weighted by molar-refractivity contribution is -0.122. The Bertz CT molecular complexity index is 1050. The summed E-state index contributed by atoms with van der Waals surface area (Å²) in [7, 11) is 0. The highest BCUT2D eigenvalue weighted by Gasteiger charge is 2.23. The number of carbonyl (C=O) groups excluding carboxylic acids is 1. The van der Waals surface area contributed by atoms with Gasteiger partial charge in [-0.1, -0.05) is 30.3 Å². The average Bonchev–Trinajstić information content (AvgIpc) is 2.79. The van der Waals surface area contributed by atoms with Crippen LogP contribution in [0, 0.1) is 5.92 Å². The first-order valence-corrected chi connectivity index (χ1v) is 10.1. The van der Waals surface area contributed by atoms with E-state index in [1.807, 2.05) is 54.6 Å². The van der Waals surface area contributed by atoms with Crippen LogP contribution < -0.4 is 20.9 Å². The van der Waals surface area contributed by atoms with Gasteiger partial charge in [-0.05, 0) is 48.7 Å². The standard InChI is InChI=1S/C24H25N3O3/c25-24(29)19-10-13-26(14-11-19)20-6-8-21(9-7-20)27-15-12-22(16-23(27)28)30-17-18-4-2-1-3-5-18/h1-9,12,15-16,19H,10-11,13-14,17H2,(H2,25,29). The summed E-state index contributed by atoms with van der Waals surface area (Å²) >= 11 is 0. The Morgan fingerprint density at radius 2 is 1.63 bits per heavy atom. The van der Waals surface area contributed by atoms with Crippen LogP contribution in [0.1, 0.15) is 18.4 Å². The number of hydrogen-bond donors (Lipinski definition) is 1. The van der Waals surface area contributed by atoms with Crippen molar-refractivity contribution in [2.75, 3.05) is 18.0 Å². The van der Waals surface area contributed by atoms with Crippen LogP contribution in [-0.4, -0.2) is 23.6 Å². The van der Waals surface area contributed by atoms with Crippen molar-refractivity contribution in [1.82, 2.24) is 4.57 Å². The number of anilines is 1. The van der Waals surface area contributed by atoms with Gasteiger partial charge in [-0.25, -0.2) is 0 Å². The Morgan fingerprint density at radius 3 is 2.27 bits per heavy atom. The molecule has 0 unspecified atom stereocenters. The van der Waals surface area contributed by atoms with Crippen molar-refractivity contribution >= 4 is 11.6 Å². The molecule has 1 saturated heterocycles. The minimum absolute atomic E-state index is 0.0262. The summed E-state index contributed by atoms with van der Waals surface area (Å²) in [5.41, 5.74) is 8.20. The first-order valence-electron chi connectivity index (χ1n) is 10.1. The molecule has 0 radical (unpaired) electrons. The molecule has 0 saturated carbocycles. The van der Waals surface area contributed by atoms with Gasteiger partial charge in [0.1, 0.15) is 12.4 Å². The zero-order chi connectivity index (χ0) is 20.9. The summed E-state index contributed by atoms with van der Waals surface area (Å²) in [6.45, 7) is 2.03. The van der Waals surface area contributed by atoms with Gasteiger partial charge in [0, 0.05) is 42.6 Å². The number of nitrogens with two attached hydrogens (primary N) is 1. The number of piperidine rings is 1. The summed E-state index contributed by atoms with van der Waals surface area (Å²) in [5, 5.41) is 0. The van der Waals surface area contributed by atoms with E-state index in [4.69, 9.17) is 10.5 Å². The molecule has 1 aliphatic rings. The Labute approximate surface area is 175 Å². The molecule has 30 heavy (non-hydrogen) atoms. The Morgan fingerprint density at radius 1 is 0.967 bits per heavy atom. The number of ether oxygens (including phenoxy) is 1. The number of primary amides is 1. The minimum atomic E-state index is -0.208. The number of benzene rings is 2. The summed E-state index contributed by atoms with van der Waals surface area (Å²) in [6.07, 6.45) is 3.29. The van der Waals surface area contributed by atoms with Crippen molar-refractivity contribution < 1.29 is 9.53 Å². The topological polar surface area (TPSA) is 77.6 Å². The molecule has 2 aromatic carbocycles. The first-order chi connectivity index (χ1) is 14.6. The van der Waals surface area contributed by atoms with E-state index in [-0.39, 0.29) is 17.4 Å². The van der Waals surface area contributed by atoms with Crippen LogP contribution in [0.2, 0.25) is 0 Å². The molecule has 1 fully saturated rings. The predicted octanol–water partition coefficient (Wildman–Crippen LogP) is 3.12. The molecule has 0 bridgehead atoms. The molecule has 1 aromatic heterocycles. The number of nitrogens with zero attached hydrogens (tertiary/aromatic N) is 2. The number of pyridine rings is 1. The number of aromatic nitrogens is 1. The highest BCUT2D eigenvalue weighted by molar-refractivity contribution is 5.77. The van der Waals surface area contributed by atoms with Gasteiger partial charge < -0.3 is 15.4 Å². The maximum atomic E-state index is 12.6. The van der Waals surface area contributed by atoms with Crippen molar-refractivity contribution in [3.05, 3.63) is 88.8 Å². The third-order valence-corrected chi connectivity index (χ3v) is 5.53. The van der Waals surface area contributed by atoms with E-state index in [2.05, 4.69) is 4.90 Å². The smallest absolute Gasteiger partial charge is 0.258 e. The van der Waals surface area contributed by atoms with E-state index in [0.29, 0.717) is 12.4 Å². The van der Waals surface area contributed by atoms with Crippen LogP contribution in [0.3, 0.4) is 0 Å². The molecule has 0 atom stereocenters. The van der Waals surface area contributed by atoms with E-state index in [9.17, 15) is 9.59 Å². The van der Waals surface area contributed by atoms with Crippen LogP contribution in [0.15, 0.2) is 77.7 Å². The van der Waals surface area contributed by atoms with Gasteiger partial charge in [-0.15, -0.1) is 0 Å². The lowest BCUT2D eigenvalue weighted by Crippen LogP contribution is -2.38. The van der Waals surface area contributed by atoms with E-state index in [1.54, 1.807) is 16.8 Å². The van der Waals surface area contributed by atoms with Crippen molar-refractivity contribution in [3.8, 4) is 11.4 Å². The Balaban J connectivity index is 1.41. The molecule has 0 spiro atoms. The van der Waals surface area contributed by atoms with Crippen LogP contribution in [0.25, 0.3) is 5.69 Å². The second-order valence-electron chi connectivity index (χ2n) is 7.53. The lowest BCUT2D eigenvalue weighted by Gasteiger charge is -2.32. The monoisotopic (exact) mass is 403 g/mol. The normalized spacial score (nSPS) is 14.5. The van der Waals surface area contributed by atoms with E-state index >= 15 is 0 Å². The molecule has 6 nitrogen and oxygen atoms in total. The molecule has 4 rings (SSSR count). The van der Waals surface area contributed by atoms with Crippen molar-refractivity contribution in [2.45, 2.75) is 19.4 Å². The van der Waals surface area contributed by atoms with Gasteiger partial charge in [0.2, 0.25) is 5.91 Å². The van der Waals surface area contributed by atoms with Crippen LogP contribution in [0.4, 0.5) is 5.69 Å². The lowest BCUT2D eigenvalue weighted by atomic mass is 9.96. The SMILES string of the molecule is NC(=O)C1CCN(c2ccc(-n3ccc(OCc4ccccc4)cc3=O)cc2)CC1. The fourth-order valence-corrected chi connectivity index (χ4v) is 3.75. The number of amides is 1. The van der Waals surface area contributed by atoms with Gasteiger partial charge in [-0.2, -0.15) is 0 Å². The zero-order valence-electron chi connectivity index (χ0n) is 16.7. The summed E-state index contributed by atoms with van der Waals surface area (Å²) in [4.78, 5) is 26.1. The molecule has 2 N–H and O–H groups in total. The number of rotatable bonds is 6. The largest absolute Gasteiger partial charge is 0.489 e. The van der Waals surface area contributed by atoms with E-state index in [1.165, 1.54) is 6.07 Å². The maximum absolute atomic E-state index is 12.6. The summed E-state index contributed by atoms with van der Waals surface area (Å²) < 4.78 is 7.33. The molecule has 0 aliphatic carbocycles. The molecule has 6 heteroatoms. The fourth-order valence-electron chi connectivity index (χ4n) is 3.75. The number of hydrogen-bond acceptors (Lipinski definition) is 4. The molecule has 154 valence electrons. The van der Waals surface area contributed by atoms with Crippen LogP contribution >= 0.6 is 0 Å². The third-order valence-electron chi connectivity index (χ3n) is 5.53. The Hall–Kier alpha value is -3.54. The second kappa shape index (κ2) is 8.86. The molecule has 1 amide bonds.